The number of benzene rings is 2. The van der Waals surface area contributed by atoms with Crippen LogP contribution in [0.5, 0.6) is 0 Å². The van der Waals surface area contributed by atoms with E-state index in [4.69, 9.17) is 22.1 Å². The van der Waals surface area contributed by atoms with Gasteiger partial charge in [-0.3, -0.25) is 14.4 Å². The third-order valence-corrected chi connectivity index (χ3v) is 4.51. The van der Waals surface area contributed by atoms with E-state index in [1.54, 1.807) is 0 Å². The summed E-state index contributed by atoms with van der Waals surface area (Å²) in [5.41, 5.74) is 6.56. The molecule has 0 radical (unpaired) electrons. The van der Waals surface area contributed by atoms with E-state index in [1.807, 2.05) is 30.3 Å². The van der Waals surface area contributed by atoms with E-state index < -0.39 is 42.8 Å². The van der Waals surface area contributed by atoms with Crippen LogP contribution in [0, 0.1) is 0 Å². The number of aryl methyl sites for hydroxylation is 1. The van der Waals surface area contributed by atoms with Crippen molar-refractivity contribution in [2.75, 3.05) is 13.2 Å². The number of carbonyl (C=O) groups excluding carboxylic acids is 4. The summed E-state index contributed by atoms with van der Waals surface area (Å²) >= 11 is 5.78. The largest absolute Gasteiger partial charge is 0.454 e. The second kappa shape index (κ2) is 12.3. The highest BCUT2D eigenvalue weighted by molar-refractivity contribution is 6.30. The van der Waals surface area contributed by atoms with Gasteiger partial charge in [0.15, 0.2) is 6.61 Å². The van der Waals surface area contributed by atoms with Gasteiger partial charge in [-0.15, -0.1) is 0 Å². The minimum absolute atomic E-state index is 0.239. The molecule has 3 amide bonds. The summed E-state index contributed by atoms with van der Waals surface area (Å²) in [5.74, 6) is -2.82. The van der Waals surface area contributed by atoms with Crippen molar-refractivity contribution < 1.29 is 23.9 Å². The number of nitrogens with one attached hydrogen (secondary N) is 2. The van der Waals surface area contributed by atoms with Gasteiger partial charge in [-0.25, -0.2) is 4.79 Å². The number of hydrogen-bond acceptors (Lipinski definition) is 5. The fourth-order valence-electron chi connectivity index (χ4n) is 2.69. The average Bonchev–Trinajstić information content (AvgIpc) is 2.75. The van der Waals surface area contributed by atoms with Crippen LogP contribution in [-0.4, -0.2) is 42.9 Å². The molecule has 0 spiro atoms. The molecule has 2 aromatic carbocycles. The summed E-state index contributed by atoms with van der Waals surface area (Å²) in [5, 5.41) is 5.49. The fraction of sp³-hybridized carbons (Fsp3) is 0.273. The standard InChI is InChI=1S/C22H24ClN3O5/c23-17-10-8-16(9-11-17)21(29)26-18(13-19(24)27)22(30)31-14-20(28)25-12-4-7-15-5-2-1-3-6-15/h1-3,5-6,8-11,18H,4,7,12-14H2,(H2,24,27)(H,25,28)(H,26,29)/t18-/m0/s1. The third kappa shape index (κ3) is 8.88. The maximum Gasteiger partial charge on any atom is 0.329 e. The van der Waals surface area contributed by atoms with Crippen LogP contribution in [-0.2, 0) is 25.5 Å². The van der Waals surface area contributed by atoms with Crippen LogP contribution in [0.3, 0.4) is 0 Å². The Morgan fingerprint density at radius 2 is 1.68 bits per heavy atom. The molecule has 0 aromatic heterocycles. The molecule has 31 heavy (non-hydrogen) atoms. The molecule has 0 saturated carbocycles. The highest BCUT2D eigenvalue weighted by atomic mass is 35.5. The Morgan fingerprint density at radius 3 is 2.32 bits per heavy atom. The van der Waals surface area contributed by atoms with Crippen molar-refractivity contribution >= 4 is 35.3 Å². The molecule has 0 bridgehead atoms. The predicted octanol–water partition coefficient (Wildman–Crippen LogP) is 1.61. The maximum absolute atomic E-state index is 12.3. The summed E-state index contributed by atoms with van der Waals surface area (Å²) in [4.78, 5) is 47.7. The molecule has 164 valence electrons. The molecule has 8 nitrogen and oxygen atoms in total. The minimum atomic E-state index is -1.31. The summed E-state index contributed by atoms with van der Waals surface area (Å²) in [6, 6.07) is 14.5. The van der Waals surface area contributed by atoms with E-state index in [9.17, 15) is 19.2 Å². The molecular weight excluding hydrogens is 422 g/mol. The Bertz CT molecular complexity index is 903. The molecule has 4 N–H and O–H groups in total. The molecule has 0 fully saturated rings. The molecule has 9 heteroatoms. The Morgan fingerprint density at radius 1 is 1.00 bits per heavy atom. The van der Waals surface area contributed by atoms with Crippen LogP contribution < -0.4 is 16.4 Å². The maximum atomic E-state index is 12.3. The first kappa shape index (κ1) is 23.9. The number of amides is 3. The molecular formula is C22H24ClN3O5. The molecule has 1 atom stereocenters. The van der Waals surface area contributed by atoms with Crippen molar-refractivity contribution in [3.05, 3.63) is 70.7 Å². The lowest BCUT2D eigenvalue weighted by Crippen LogP contribution is -2.45. The Kier molecular flexibility index (Phi) is 9.51. The number of rotatable bonds is 11. The number of primary amides is 1. The molecule has 2 rings (SSSR count). The number of nitrogens with two attached hydrogens (primary N) is 1. The fourth-order valence-corrected chi connectivity index (χ4v) is 2.82. The molecule has 0 aliphatic carbocycles. The number of halogens is 1. The van der Waals surface area contributed by atoms with Crippen molar-refractivity contribution in [2.45, 2.75) is 25.3 Å². The first-order valence-electron chi connectivity index (χ1n) is 9.67. The van der Waals surface area contributed by atoms with E-state index in [1.165, 1.54) is 24.3 Å². The van der Waals surface area contributed by atoms with Gasteiger partial charge in [0.25, 0.3) is 11.8 Å². The van der Waals surface area contributed by atoms with E-state index in [-0.39, 0.29) is 5.56 Å². The number of esters is 1. The summed E-state index contributed by atoms with van der Waals surface area (Å²) < 4.78 is 4.94. The summed E-state index contributed by atoms with van der Waals surface area (Å²) in [6.45, 7) is -0.112. The zero-order chi connectivity index (χ0) is 22.6. The van der Waals surface area contributed by atoms with Crippen LogP contribution in [0.1, 0.15) is 28.8 Å². The van der Waals surface area contributed by atoms with Gasteiger partial charge in [-0.05, 0) is 42.7 Å². The number of ether oxygens (including phenoxy) is 1. The van der Waals surface area contributed by atoms with Gasteiger partial charge < -0.3 is 21.1 Å². The summed E-state index contributed by atoms with van der Waals surface area (Å²) in [7, 11) is 0. The molecule has 0 heterocycles. The average molecular weight is 446 g/mol. The molecule has 0 aliphatic rings. The highest BCUT2D eigenvalue weighted by Crippen LogP contribution is 2.10. The monoisotopic (exact) mass is 445 g/mol. The van der Waals surface area contributed by atoms with Crippen LogP contribution in [0.15, 0.2) is 54.6 Å². The van der Waals surface area contributed by atoms with Crippen LogP contribution in [0.25, 0.3) is 0 Å². The zero-order valence-corrected chi connectivity index (χ0v) is 17.6. The van der Waals surface area contributed by atoms with Crippen molar-refractivity contribution in [1.29, 1.82) is 0 Å². The van der Waals surface area contributed by atoms with Gasteiger partial charge >= 0.3 is 5.97 Å². The lowest BCUT2D eigenvalue weighted by atomic mass is 10.1. The van der Waals surface area contributed by atoms with E-state index >= 15 is 0 Å². The van der Waals surface area contributed by atoms with E-state index in [0.717, 1.165) is 18.4 Å². The lowest BCUT2D eigenvalue weighted by Gasteiger charge is -2.16. The first-order chi connectivity index (χ1) is 14.8. The Hall–Kier alpha value is -3.39. The minimum Gasteiger partial charge on any atom is -0.454 e. The van der Waals surface area contributed by atoms with Crippen molar-refractivity contribution in [1.82, 2.24) is 10.6 Å². The second-order valence-electron chi connectivity index (χ2n) is 6.75. The smallest absolute Gasteiger partial charge is 0.329 e. The van der Waals surface area contributed by atoms with Crippen molar-refractivity contribution in [2.24, 2.45) is 5.73 Å². The topological polar surface area (TPSA) is 128 Å². The van der Waals surface area contributed by atoms with E-state index in [2.05, 4.69) is 10.6 Å². The normalized spacial score (nSPS) is 11.3. The van der Waals surface area contributed by atoms with Gasteiger partial charge in [0, 0.05) is 17.1 Å². The quantitative estimate of drug-likeness (QED) is 0.357. The van der Waals surface area contributed by atoms with E-state index in [0.29, 0.717) is 11.6 Å². The van der Waals surface area contributed by atoms with Gasteiger partial charge in [0.05, 0.1) is 6.42 Å². The van der Waals surface area contributed by atoms with Crippen molar-refractivity contribution in [3.63, 3.8) is 0 Å². The molecule has 0 unspecified atom stereocenters. The zero-order valence-electron chi connectivity index (χ0n) is 16.8. The highest BCUT2D eigenvalue weighted by Gasteiger charge is 2.25. The number of carbonyl (C=O) groups is 4. The van der Waals surface area contributed by atoms with Gasteiger partial charge in [0.1, 0.15) is 6.04 Å². The predicted molar refractivity (Wildman–Crippen MR) is 115 cm³/mol. The molecule has 2 aromatic rings. The van der Waals surface area contributed by atoms with Gasteiger partial charge in [-0.1, -0.05) is 41.9 Å². The molecule has 0 saturated heterocycles. The van der Waals surface area contributed by atoms with Crippen LogP contribution in [0.4, 0.5) is 0 Å². The molecule has 0 aliphatic heterocycles. The van der Waals surface area contributed by atoms with Gasteiger partial charge in [-0.2, -0.15) is 0 Å². The summed E-state index contributed by atoms with van der Waals surface area (Å²) in [6.07, 6.45) is 1.07. The number of hydrogen-bond donors (Lipinski definition) is 3. The van der Waals surface area contributed by atoms with Crippen LogP contribution >= 0.6 is 11.6 Å². The van der Waals surface area contributed by atoms with Crippen LogP contribution in [0.2, 0.25) is 5.02 Å². The SMILES string of the molecule is NC(=O)C[C@H](NC(=O)c1ccc(Cl)cc1)C(=O)OCC(=O)NCCCc1ccccc1. The lowest BCUT2D eigenvalue weighted by molar-refractivity contribution is -0.151. The van der Waals surface area contributed by atoms with Crippen molar-refractivity contribution in [3.8, 4) is 0 Å². The Labute approximate surface area is 185 Å². The van der Waals surface area contributed by atoms with Gasteiger partial charge in [0.2, 0.25) is 5.91 Å². The first-order valence-corrected chi connectivity index (χ1v) is 10.0. The second-order valence-corrected chi connectivity index (χ2v) is 7.19. The Balaban J connectivity index is 1.78. The third-order valence-electron chi connectivity index (χ3n) is 4.25.